The number of pyridine rings is 1. The molecule has 3 aromatic rings. The number of rotatable bonds is 1. The molecule has 0 aliphatic rings. The highest BCUT2D eigenvalue weighted by Gasteiger charge is 2.11. The molecule has 0 amide bonds. The lowest BCUT2D eigenvalue weighted by molar-refractivity contribution is 1.32. The molecule has 3 nitrogen and oxygen atoms in total. The molecule has 0 unspecified atom stereocenters. The standard InChI is InChI=1S/C13H6ClN3S/c14-12-9-3-1-2-4-11(9)16-6-10(12)13-17-8(5-15)7-18-13/h1-4,6-7H. The normalized spacial score (nSPS) is 10.4. The molecule has 2 heterocycles. The first-order valence-electron chi connectivity index (χ1n) is 5.19. The van der Waals surface area contributed by atoms with Gasteiger partial charge in [0.05, 0.1) is 10.5 Å². The van der Waals surface area contributed by atoms with E-state index in [2.05, 4.69) is 9.97 Å². The van der Waals surface area contributed by atoms with E-state index in [1.807, 2.05) is 30.3 Å². The molecule has 0 atom stereocenters. The zero-order valence-corrected chi connectivity index (χ0v) is 10.7. The molecule has 0 fully saturated rings. The monoisotopic (exact) mass is 271 g/mol. The smallest absolute Gasteiger partial charge is 0.152 e. The lowest BCUT2D eigenvalue weighted by Crippen LogP contribution is -1.85. The number of hydrogen-bond donors (Lipinski definition) is 0. The van der Waals surface area contributed by atoms with Gasteiger partial charge in [0.2, 0.25) is 0 Å². The third-order valence-corrected chi connectivity index (χ3v) is 3.84. The fourth-order valence-corrected chi connectivity index (χ4v) is 2.82. The number of halogens is 1. The van der Waals surface area contributed by atoms with Crippen molar-refractivity contribution in [2.45, 2.75) is 0 Å². The third kappa shape index (κ3) is 1.74. The van der Waals surface area contributed by atoms with Gasteiger partial charge in [0, 0.05) is 22.5 Å². The fourth-order valence-electron chi connectivity index (χ4n) is 1.71. The summed E-state index contributed by atoms with van der Waals surface area (Å²) >= 11 is 7.76. The van der Waals surface area contributed by atoms with Crippen molar-refractivity contribution in [1.29, 1.82) is 5.26 Å². The predicted octanol–water partition coefficient (Wildman–Crippen LogP) is 3.88. The average molecular weight is 272 g/mol. The molecular weight excluding hydrogens is 266 g/mol. The van der Waals surface area contributed by atoms with Gasteiger partial charge < -0.3 is 0 Å². The number of nitrogens with zero attached hydrogens (tertiary/aromatic N) is 3. The summed E-state index contributed by atoms with van der Waals surface area (Å²) in [5.41, 5.74) is 2.02. The van der Waals surface area contributed by atoms with Gasteiger partial charge in [-0.1, -0.05) is 29.8 Å². The molecule has 0 bridgehead atoms. The highest BCUT2D eigenvalue weighted by atomic mass is 35.5. The molecule has 86 valence electrons. The van der Waals surface area contributed by atoms with Gasteiger partial charge in [-0.15, -0.1) is 11.3 Å². The first kappa shape index (κ1) is 11.1. The maximum Gasteiger partial charge on any atom is 0.152 e. The Labute approximate surface area is 112 Å². The van der Waals surface area contributed by atoms with E-state index in [1.165, 1.54) is 11.3 Å². The summed E-state index contributed by atoms with van der Waals surface area (Å²) in [4.78, 5) is 8.55. The van der Waals surface area contributed by atoms with Crippen molar-refractivity contribution in [2.24, 2.45) is 0 Å². The van der Waals surface area contributed by atoms with Crippen molar-refractivity contribution < 1.29 is 0 Å². The maximum atomic E-state index is 8.78. The van der Waals surface area contributed by atoms with Crippen LogP contribution in [0.3, 0.4) is 0 Å². The Morgan fingerprint density at radius 1 is 1.28 bits per heavy atom. The van der Waals surface area contributed by atoms with Crippen LogP contribution in [0.4, 0.5) is 0 Å². The fraction of sp³-hybridized carbons (Fsp3) is 0. The number of para-hydroxylation sites is 1. The summed E-state index contributed by atoms with van der Waals surface area (Å²) in [6.45, 7) is 0. The first-order chi connectivity index (χ1) is 8.79. The summed E-state index contributed by atoms with van der Waals surface area (Å²) in [6, 6.07) is 9.68. The van der Waals surface area contributed by atoms with Crippen LogP contribution in [0.15, 0.2) is 35.8 Å². The highest BCUT2D eigenvalue weighted by Crippen LogP contribution is 2.34. The largest absolute Gasteiger partial charge is 0.255 e. The minimum Gasteiger partial charge on any atom is -0.255 e. The van der Waals surface area contributed by atoms with Crippen LogP contribution in [0.5, 0.6) is 0 Å². The van der Waals surface area contributed by atoms with E-state index in [9.17, 15) is 0 Å². The van der Waals surface area contributed by atoms with Crippen molar-refractivity contribution in [3.05, 3.63) is 46.6 Å². The number of aromatic nitrogens is 2. The van der Waals surface area contributed by atoms with Gasteiger partial charge in [0.25, 0.3) is 0 Å². The Bertz CT molecular complexity index is 773. The molecule has 0 aliphatic carbocycles. The van der Waals surface area contributed by atoms with Gasteiger partial charge in [0.1, 0.15) is 11.1 Å². The van der Waals surface area contributed by atoms with Crippen molar-refractivity contribution in [3.63, 3.8) is 0 Å². The molecule has 18 heavy (non-hydrogen) atoms. The molecule has 3 rings (SSSR count). The Balaban J connectivity index is 2.24. The zero-order valence-electron chi connectivity index (χ0n) is 9.09. The second-order valence-electron chi connectivity index (χ2n) is 3.65. The quantitative estimate of drug-likeness (QED) is 0.675. The topological polar surface area (TPSA) is 49.6 Å². The average Bonchev–Trinajstić information content (AvgIpc) is 2.88. The Morgan fingerprint density at radius 3 is 2.89 bits per heavy atom. The van der Waals surface area contributed by atoms with Crippen LogP contribution >= 0.6 is 22.9 Å². The van der Waals surface area contributed by atoms with Gasteiger partial charge in [-0.3, -0.25) is 4.98 Å². The van der Waals surface area contributed by atoms with Gasteiger partial charge >= 0.3 is 0 Å². The summed E-state index contributed by atoms with van der Waals surface area (Å²) in [5, 5.41) is 12.7. The van der Waals surface area contributed by atoms with Crippen molar-refractivity contribution in [3.8, 4) is 16.6 Å². The maximum absolute atomic E-state index is 8.78. The Morgan fingerprint density at radius 2 is 2.11 bits per heavy atom. The minimum atomic E-state index is 0.402. The molecular formula is C13H6ClN3S. The molecule has 0 N–H and O–H groups in total. The Hall–Kier alpha value is -1.96. The molecule has 0 radical (unpaired) electrons. The van der Waals surface area contributed by atoms with E-state index in [1.54, 1.807) is 11.6 Å². The van der Waals surface area contributed by atoms with Crippen LogP contribution in [0.25, 0.3) is 21.5 Å². The summed E-state index contributed by atoms with van der Waals surface area (Å²) < 4.78 is 0. The molecule has 0 aliphatic heterocycles. The summed E-state index contributed by atoms with van der Waals surface area (Å²) in [6.07, 6.45) is 1.70. The van der Waals surface area contributed by atoms with Gasteiger partial charge in [0.15, 0.2) is 5.69 Å². The van der Waals surface area contributed by atoms with Crippen LogP contribution in [-0.2, 0) is 0 Å². The second-order valence-corrected chi connectivity index (χ2v) is 4.89. The van der Waals surface area contributed by atoms with Gasteiger partial charge in [-0.2, -0.15) is 5.26 Å². The van der Waals surface area contributed by atoms with Crippen LogP contribution < -0.4 is 0 Å². The van der Waals surface area contributed by atoms with Gasteiger partial charge in [-0.25, -0.2) is 4.98 Å². The number of fused-ring (bicyclic) bond motifs is 1. The third-order valence-electron chi connectivity index (χ3n) is 2.56. The summed E-state index contributed by atoms with van der Waals surface area (Å²) in [5.74, 6) is 0. The number of thiazole rings is 1. The lowest BCUT2D eigenvalue weighted by atomic mass is 10.1. The molecule has 2 aromatic heterocycles. The van der Waals surface area contributed by atoms with E-state index in [0.29, 0.717) is 10.7 Å². The molecule has 0 saturated heterocycles. The molecule has 5 heteroatoms. The molecule has 0 spiro atoms. The van der Waals surface area contributed by atoms with Crippen molar-refractivity contribution in [2.75, 3.05) is 0 Å². The number of benzene rings is 1. The Kier molecular flexibility index (Phi) is 2.71. The van der Waals surface area contributed by atoms with E-state index in [4.69, 9.17) is 16.9 Å². The van der Waals surface area contributed by atoms with Crippen LogP contribution in [0.1, 0.15) is 5.69 Å². The number of hydrogen-bond acceptors (Lipinski definition) is 4. The predicted molar refractivity (Wildman–Crippen MR) is 72.6 cm³/mol. The van der Waals surface area contributed by atoms with Crippen LogP contribution in [0.2, 0.25) is 5.02 Å². The highest BCUT2D eigenvalue weighted by molar-refractivity contribution is 7.13. The van der Waals surface area contributed by atoms with E-state index in [0.717, 1.165) is 21.5 Å². The minimum absolute atomic E-state index is 0.402. The van der Waals surface area contributed by atoms with Crippen molar-refractivity contribution in [1.82, 2.24) is 9.97 Å². The van der Waals surface area contributed by atoms with Crippen molar-refractivity contribution >= 4 is 33.8 Å². The van der Waals surface area contributed by atoms with E-state index in [-0.39, 0.29) is 0 Å². The summed E-state index contributed by atoms with van der Waals surface area (Å²) in [7, 11) is 0. The van der Waals surface area contributed by atoms with E-state index >= 15 is 0 Å². The van der Waals surface area contributed by atoms with Gasteiger partial charge in [-0.05, 0) is 6.07 Å². The number of nitriles is 1. The SMILES string of the molecule is N#Cc1csc(-c2cnc3ccccc3c2Cl)n1. The van der Waals surface area contributed by atoms with Crippen LogP contribution in [0, 0.1) is 11.3 Å². The zero-order chi connectivity index (χ0) is 12.5. The lowest BCUT2D eigenvalue weighted by Gasteiger charge is -2.03. The van der Waals surface area contributed by atoms with Crippen LogP contribution in [-0.4, -0.2) is 9.97 Å². The van der Waals surface area contributed by atoms with E-state index < -0.39 is 0 Å². The first-order valence-corrected chi connectivity index (χ1v) is 6.44. The second kappa shape index (κ2) is 4.37. The molecule has 1 aromatic carbocycles. The molecule has 0 saturated carbocycles.